The van der Waals surface area contributed by atoms with Crippen molar-refractivity contribution in [3.63, 3.8) is 0 Å². The second-order valence-corrected chi connectivity index (χ2v) is 7.23. The van der Waals surface area contributed by atoms with E-state index in [2.05, 4.69) is 19.2 Å². The van der Waals surface area contributed by atoms with E-state index >= 15 is 0 Å². The average molecular weight is 343 g/mol. The fourth-order valence-electron chi connectivity index (χ4n) is 3.66. The molecule has 134 valence electrons. The highest BCUT2D eigenvalue weighted by atomic mass is 16.2. The van der Waals surface area contributed by atoms with Crippen LogP contribution in [0.4, 0.5) is 0 Å². The van der Waals surface area contributed by atoms with Crippen molar-refractivity contribution in [3.8, 4) is 0 Å². The van der Waals surface area contributed by atoms with Gasteiger partial charge >= 0.3 is 0 Å². The average Bonchev–Trinajstić information content (AvgIpc) is 2.95. The maximum Gasteiger partial charge on any atom is 0.247 e. The lowest BCUT2D eigenvalue weighted by molar-refractivity contribution is -0.146. The second kappa shape index (κ2) is 7.25. The number of piperazine rings is 1. The van der Waals surface area contributed by atoms with Gasteiger partial charge in [0.2, 0.25) is 17.7 Å². The molecule has 2 saturated heterocycles. The zero-order valence-electron chi connectivity index (χ0n) is 14.8. The van der Waals surface area contributed by atoms with E-state index in [4.69, 9.17) is 0 Å². The minimum atomic E-state index is -0.614. The first-order valence-corrected chi connectivity index (χ1v) is 8.88. The van der Waals surface area contributed by atoms with Crippen LogP contribution >= 0.6 is 0 Å². The van der Waals surface area contributed by atoms with Gasteiger partial charge in [-0.15, -0.1) is 0 Å². The van der Waals surface area contributed by atoms with E-state index < -0.39 is 6.04 Å². The van der Waals surface area contributed by atoms with E-state index in [1.807, 2.05) is 30.3 Å². The third-order valence-electron chi connectivity index (χ3n) is 4.76. The monoisotopic (exact) mass is 343 g/mol. The predicted molar refractivity (Wildman–Crippen MR) is 93.4 cm³/mol. The summed E-state index contributed by atoms with van der Waals surface area (Å²) in [5, 5.41) is 2.84. The molecule has 2 aliphatic heterocycles. The Labute approximate surface area is 148 Å². The quantitative estimate of drug-likeness (QED) is 0.893. The standard InChI is InChI=1S/C19H25N3O3/c1-13(2)11-21-12-15(10-16(21)23)19(25)22-9-8-20-18(24)17(22)14-6-4-3-5-7-14/h3-7,13,15,17H,8-12H2,1-2H3,(H,20,24)/t15-,17-/m1/s1. The van der Waals surface area contributed by atoms with Gasteiger partial charge in [-0.1, -0.05) is 44.2 Å². The fraction of sp³-hybridized carbons (Fsp3) is 0.526. The van der Waals surface area contributed by atoms with Crippen molar-refractivity contribution >= 4 is 17.7 Å². The molecule has 3 amide bonds. The van der Waals surface area contributed by atoms with Crippen molar-refractivity contribution in [2.24, 2.45) is 11.8 Å². The number of rotatable bonds is 4. The molecule has 0 bridgehead atoms. The van der Waals surface area contributed by atoms with Gasteiger partial charge in [-0.05, 0) is 11.5 Å². The number of likely N-dealkylation sites (tertiary alicyclic amines) is 1. The summed E-state index contributed by atoms with van der Waals surface area (Å²) in [5.74, 6) is -0.207. The molecule has 0 saturated carbocycles. The summed E-state index contributed by atoms with van der Waals surface area (Å²) in [4.78, 5) is 41.1. The van der Waals surface area contributed by atoms with Crippen molar-refractivity contribution in [2.45, 2.75) is 26.3 Å². The SMILES string of the molecule is CC(C)CN1C[C@H](C(=O)N2CCNC(=O)[C@H]2c2ccccc2)CC1=O. The van der Waals surface area contributed by atoms with Gasteiger partial charge in [0.25, 0.3) is 0 Å². The van der Waals surface area contributed by atoms with Crippen LogP contribution in [0.15, 0.2) is 30.3 Å². The van der Waals surface area contributed by atoms with Crippen molar-refractivity contribution < 1.29 is 14.4 Å². The van der Waals surface area contributed by atoms with Crippen LogP contribution in [0.3, 0.4) is 0 Å². The molecule has 2 atom stereocenters. The summed E-state index contributed by atoms with van der Waals surface area (Å²) in [7, 11) is 0. The number of amides is 3. The number of hydrogen-bond acceptors (Lipinski definition) is 3. The number of nitrogens with one attached hydrogen (secondary N) is 1. The van der Waals surface area contributed by atoms with Crippen molar-refractivity contribution in [2.75, 3.05) is 26.2 Å². The molecule has 0 radical (unpaired) electrons. The van der Waals surface area contributed by atoms with E-state index in [0.717, 1.165) is 5.56 Å². The third kappa shape index (κ3) is 3.67. The topological polar surface area (TPSA) is 69.7 Å². The van der Waals surface area contributed by atoms with Crippen LogP contribution in [-0.2, 0) is 14.4 Å². The summed E-state index contributed by atoms with van der Waals surface area (Å²) >= 11 is 0. The summed E-state index contributed by atoms with van der Waals surface area (Å²) in [6, 6.07) is 8.72. The Kier molecular flexibility index (Phi) is 5.06. The molecule has 6 nitrogen and oxygen atoms in total. The predicted octanol–water partition coefficient (Wildman–Crippen LogP) is 1.19. The smallest absolute Gasteiger partial charge is 0.247 e. The lowest BCUT2D eigenvalue weighted by Crippen LogP contribution is -2.53. The molecule has 1 N–H and O–H groups in total. The highest BCUT2D eigenvalue weighted by Gasteiger charge is 2.41. The van der Waals surface area contributed by atoms with Crippen LogP contribution in [0.1, 0.15) is 31.9 Å². The van der Waals surface area contributed by atoms with Crippen LogP contribution in [-0.4, -0.2) is 53.7 Å². The molecule has 2 aliphatic rings. The minimum absolute atomic E-state index is 0.0322. The summed E-state index contributed by atoms with van der Waals surface area (Å²) < 4.78 is 0. The van der Waals surface area contributed by atoms with Gasteiger partial charge in [0.1, 0.15) is 6.04 Å². The maximum absolute atomic E-state index is 13.1. The molecule has 2 heterocycles. The van der Waals surface area contributed by atoms with E-state index in [1.54, 1.807) is 9.80 Å². The van der Waals surface area contributed by atoms with Gasteiger partial charge < -0.3 is 15.1 Å². The molecule has 0 aliphatic carbocycles. The number of benzene rings is 1. The third-order valence-corrected chi connectivity index (χ3v) is 4.76. The van der Waals surface area contributed by atoms with Gasteiger partial charge in [-0.25, -0.2) is 0 Å². The van der Waals surface area contributed by atoms with Crippen LogP contribution < -0.4 is 5.32 Å². The molecule has 2 fully saturated rings. The molecule has 25 heavy (non-hydrogen) atoms. The maximum atomic E-state index is 13.1. The van der Waals surface area contributed by atoms with Gasteiger partial charge in [0.05, 0.1) is 5.92 Å². The first-order valence-electron chi connectivity index (χ1n) is 8.88. The number of carbonyl (C=O) groups is 3. The summed E-state index contributed by atoms with van der Waals surface area (Å²) in [6.07, 6.45) is 0.241. The Morgan fingerprint density at radius 1 is 1.24 bits per heavy atom. The van der Waals surface area contributed by atoms with Crippen LogP contribution in [0, 0.1) is 11.8 Å². The molecule has 3 rings (SSSR count). The van der Waals surface area contributed by atoms with Crippen molar-refractivity contribution in [1.82, 2.24) is 15.1 Å². The summed E-state index contributed by atoms with van der Waals surface area (Å²) in [5.41, 5.74) is 0.802. The molecule has 1 aromatic rings. The highest BCUT2D eigenvalue weighted by Crippen LogP contribution is 2.28. The Morgan fingerprint density at radius 3 is 2.64 bits per heavy atom. The Hall–Kier alpha value is -2.37. The van der Waals surface area contributed by atoms with Gasteiger partial charge in [0.15, 0.2) is 0 Å². The van der Waals surface area contributed by atoms with Gasteiger partial charge in [-0.2, -0.15) is 0 Å². The lowest BCUT2D eigenvalue weighted by atomic mass is 9.99. The van der Waals surface area contributed by atoms with Crippen LogP contribution in [0.25, 0.3) is 0 Å². The number of carbonyl (C=O) groups excluding carboxylic acids is 3. The number of nitrogens with zero attached hydrogens (tertiary/aromatic N) is 2. The molecule has 0 spiro atoms. The lowest BCUT2D eigenvalue weighted by Gasteiger charge is -2.36. The highest BCUT2D eigenvalue weighted by molar-refractivity contribution is 5.93. The molecule has 0 unspecified atom stereocenters. The molecular weight excluding hydrogens is 318 g/mol. The molecule has 6 heteroatoms. The van der Waals surface area contributed by atoms with Crippen molar-refractivity contribution in [3.05, 3.63) is 35.9 Å². The van der Waals surface area contributed by atoms with Crippen LogP contribution in [0.2, 0.25) is 0 Å². The first kappa shape index (κ1) is 17.5. The normalized spacial score (nSPS) is 24.0. The Balaban J connectivity index is 1.78. The largest absolute Gasteiger partial charge is 0.352 e. The fourth-order valence-corrected chi connectivity index (χ4v) is 3.66. The molecule has 1 aromatic carbocycles. The minimum Gasteiger partial charge on any atom is -0.352 e. The zero-order valence-corrected chi connectivity index (χ0v) is 14.8. The first-order chi connectivity index (χ1) is 12.0. The Bertz CT molecular complexity index is 659. The van der Waals surface area contributed by atoms with Gasteiger partial charge in [0, 0.05) is 32.6 Å². The summed E-state index contributed by atoms with van der Waals surface area (Å²) in [6.45, 7) is 6.16. The van der Waals surface area contributed by atoms with Crippen molar-refractivity contribution in [1.29, 1.82) is 0 Å². The van der Waals surface area contributed by atoms with E-state index in [9.17, 15) is 14.4 Å². The van der Waals surface area contributed by atoms with Crippen LogP contribution in [0.5, 0.6) is 0 Å². The molecule has 0 aromatic heterocycles. The zero-order chi connectivity index (χ0) is 18.0. The Morgan fingerprint density at radius 2 is 1.96 bits per heavy atom. The second-order valence-electron chi connectivity index (χ2n) is 7.23. The number of hydrogen-bond donors (Lipinski definition) is 1. The van der Waals surface area contributed by atoms with E-state index in [0.29, 0.717) is 32.1 Å². The molecular formula is C19H25N3O3. The van der Waals surface area contributed by atoms with Gasteiger partial charge in [-0.3, -0.25) is 14.4 Å². The van der Waals surface area contributed by atoms with E-state index in [-0.39, 0.29) is 30.1 Å². The van der Waals surface area contributed by atoms with E-state index in [1.165, 1.54) is 0 Å².